The van der Waals surface area contributed by atoms with Crippen LogP contribution in [0.2, 0.25) is 0 Å². The van der Waals surface area contributed by atoms with Crippen LogP contribution in [-0.4, -0.2) is 35.0 Å². The van der Waals surface area contributed by atoms with Crippen molar-refractivity contribution < 1.29 is 14.7 Å². The molecule has 1 amide bonds. The van der Waals surface area contributed by atoms with E-state index in [-0.39, 0.29) is 18.2 Å². The second-order valence-corrected chi connectivity index (χ2v) is 5.70. The van der Waals surface area contributed by atoms with Gasteiger partial charge in [0.05, 0.1) is 6.42 Å². The Morgan fingerprint density at radius 2 is 1.59 bits per heavy atom. The first-order valence-electron chi connectivity index (χ1n) is 8.72. The van der Waals surface area contributed by atoms with Crippen molar-refractivity contribution in [2.45, 2.75) is 72.1 Å². The topological polar surface area (TPSA) is 57.6 Å². The highest BCUT2D eigenvalue weighted by atomic mass is 16.4. The van der Waals surface area contributed by atoms with E-state index in [2.05, 4.69) is 19.1 Å². The molecule has 0 aromatic heterocycles. The van der Waals surface area contributed by atoms with Gasteiger partial charge in [0.25, 0.3) is 0 Å². The van der Waals surface area contributed by atoms with Crippen LogP contribution >= 0.6 is 0 Å². The van der Waals surface area contributed by atoms with Crippen molar-refractivity contribution in [3.63, 3.8) is 0 Å². The minimum atomic E-state index is -0.884. The minimum absolute atomic E-state index is 0.00844. The second kappa shape index (κ2) is 13.4. The quantitative estimate of drug-likeness (QED) is 0.408. The van der Waals surface area contributed by atoms with Crippen molar-refractivity contribution in [3.8, 4) is 0 Å². The average molecular weight is 311 g/mol. The average Bonchev–Trinajstić information content (AvgIpc) is 2.49. The molecule has 0 saturated heterocycles. The summed E-state index contributed by atoms with van der Waals surface area (Å²) in [6, 6.07) is 0. The summed E-state index contributed by atoms with van der Waals surface area (Å²) in [5.41, 5.74) is 0. The molecule has 0 bridgehead atoms. The molecule has 0 rings (SSSR count). The summed E-state index contributed by atoms with van der Waals surface area (Å²) >= 11 is 0. The zero-order valence-electron chi connectivity index (χ0n) is 14.5. The number of allylic oxidation sites excluding steroid dienone is 2. The van der Waals surface area contributed by atoms with Gasteiger partial charge in [-0.25, -0.2) is 0 Å². The van der Waals surface area contributed by atoms with Crippen molar-refractivity contribution in [3.05, 3.63) is 12.2 Å². The molecule has 0 saturated carbocycles. The van der Waals surface area contributed by atoms with Crippen LogP contribution in [0.4, 0.5) is 0 Å². The maximum atomic E-state index is 12.3. The van der Waals surface area contributed by atoms with Crippen LogP contribution in [0, 0.1) is 5.92 Å². The molecule has 0 fully saturated rings. The van der Waals surface area contributed by atoms with Gasteiger partial charge in [0.2, 0.25) is 5.91 Å². The van der Waals surface area contributed by atoms with Gasteiger partial charge < -0.3 is 10.0 Å². The molecule has 0 aromatic carbocycles. The highest BCUT2D eigenvalue weighted by Crippen LogP contribution is 2.17. The van der Waals surface area contributed by atoms with Gasteiger partial charge in [-0.2, -0.15) is 0 Å². The molecule has 128 valence electrons. The zero-order chi connectivity index (χ0) is 16.8. The number of carbonyl (C=O) groups is 2. The predicted octanol–water partition coefficient (Wildman–Crippen LogP) is 4.25. The van der Waals surface area contributed by atoms with E-state index in [4.69, 9.17) is 5.11 Å². The molecule has 1 atom stereocenters. The van der Waals surface area contributed by atoms with Crippen LogP contribution in [0.3, 0.4) is 0 Å². The van der Waals surface area contributed by atoms with Crippen molar-refractivity contribution >= 4 is 11.9 Å². The number of carboxylic acid groups (broad SMARTS) is 1. The summed E-state index contributed by atoms with van der Waals surface area (Å²) in [7, 11) is 0. The van der Waals surface area contributed by atoms with Crippen LogP contribution in [0.25, 0.3) is 0 Å². The van der Waals surface area contributed by atoms with Gasteiger partial charge in [-0.15, -0.1) is 0 Å². The molecule has 0 aliphatic heterocycles. The summed E-state index contributed by atoms with van der Waals surface area (Å²) in [5, 5.41) is 9.00. The van der Waals surface area contributed by atoms with E-state index >= 15 is 0 Å². The Bertz CT molecular complexity index is 335. The number of hydrogen-bond acceptors (Lipinski definition) is 2. The lowest BCUT2D eigenvalue weighted by Crippen LogP contribution is -2.36. The predicted molar refractivity (Wildman–Crippen MR) is 90.8 cm³/mol. The number of rotatable bonds is 13. The van der Waals surface area contributed by atoms with Gasteiger partial charge in [-0.3, -0.25) is 9.59 Å². The monoisotopic (exact) mass is 311 g/mol. The van der Waals surface area contributed by atoms with Crippen molar-refractivity contribution in [1.82, 2.24) is 4.90 Å². The van der Waals surface area contributed by atoms with Gasteiger partial charge in [0.15, 0.2) is 0 Å². The smallest absolute Gasteiger partial charge is 0.304 e. The molecule has 0 spiro atoms. The number of nitrogens with zero attached hydrogens (tertiary/aromatic N) is 1. The fourth-order valence-corrected chi connectivity index (χ4v) is 2.53. The maximum Gasteiger partial charge on any atom is 0.304 e. The first-order chi connectivity index (χ1) is 10.6. The Balaban J connectivity index is 4.17. The molecular formula is C18H33NO3. The van der Waals surface area contributed by atoms with E-state index in [9.17, 15) is 9.59 Å². The van der Waals surface area contributed by atoms with Crippen molar-refractivity contribution in [2.24, 2.45) is 5.92 Å². The Labute approximate surface area is 135 Å². The summed E-state index contributed by atoms with van der Waals surface area (Å²) in [4.78, 5) is 25.0. The number of carboxylic acids is 1. The standard InChI is InChI=1S/C18H33NO3/c1-4-7-8-9-10-11-12-13-14-16(15-17(20)21)18(22)19(5-2)6-3/h9-10,16H,4-8,11-15H2,1-3H3,(H,20,21)/b10-9+. The molecule has 0 aliphatic rings. The second-order valence-electron chi connectivity index (χ2n) is 5.70. The molecule has 0 aromatic rings. The fourth-order valence-electron chi connectivity index (χ4n) is 2.53. The van der Waals surface area contributed by atoms with Gasteiger partial charge in [0, 0.05) is 19.0 Å². The van der Waals surface area contributed by atoms with Crippen LogP contribution in [0.5, 0.6) is 0 Å². The minimum Gasteiger partial charge on any atom is -0.481 e. The van der Waals surface area contributed by atoms with Crippen molar-refractivity contribution in [2.75, 3.05) is 13.1 Å². The van der Waals surface area contributed by atoms with E-state index in [1.165, 1.54) is 12.8 Å². The maximum absolute atomic E-state index is 12.3. The zero-order valence-corrected chi connectivity index (χ0v) is 14.5. The van der Waals surface area contributed by atoms with E-state index in [0.29, 0.717) is 19.5 Å². The van der Waals surface area contributed by atoms with Crippen molar-refractivity contribution in [1.29, 1.82) is 0 Å². The Hall–Kier alpha value is -1.32. The molecular weight excluding hydrogens is 278 g/mol. The third kappa shape index (κ3) is 9.59. The normalized spacial score (nSPS) is 12.5. The third-order valence-electron chi connectivity index (χ3n) is 3.91. The summed E-state index contributed by atoms with van der Waals surface area (Å²) < 4.78 is 0. The highest BCUT2D eigenvalue weighted by Gasteiger charge is 2.24. The van der Waals surface area contributed by atoms with E-state index in [1.807, 2.05) is 13.8 Å². The first-order valence-corrected chi connectivity index (χ1v) is 8.72. The molecule has 1 unspecified atom stereocenters. The van der Waals surface area contributed by atoms with Crippen LogP contribution in [0.1, 0.15) is 72.1 Å². The van der Waals surface area contributed by atoms with E-state index in [1.54, 1.807) is 4.90 Å². The van der Waals surface area contributed by atoms with E-state index in [0.717, 1.165) is 25.7 Å². The lowest BCUT2D eigenvalue weighted by molar-refractivity contribution is -0.144. The Morgan fingerprint density at radius 1 is 1.00 bits per heavy atom. The molecule has 1 N–H and O–H groups in total. The first kappa shape index (κ1) is 20.7. The molecule has 0 radical (unpaired) electrons. The summed E-state index contributed by atoms with van der Waals surface area (Å²) in [5.74, 6) is -1.27. The number of carbonyl (C=O) groups excluding carboxylic acids is 1. The lowest BCUT2D eigenvalue weighted by Gasteiger charge is -2.24. The van der Waals surface area contributed by atoms with Gasteiger partial charge >= 0.3 is 5.97 Å². The Morgan fingerprint density at radius 3 is 2.09 bits per heavy atom. The van der Waals surface area contributed by atoms with E-state index < -0.39 is 5.97 Å². The van der Waals surface area contributed by atoms with Crippen LogP contribution in [-0.2, 0) is 9.59 Å². The highest BCUT2D eigenvalue weighted by molar-refractivity contribution is 5.83. The van der Waals surface area contributed by atoms with Gasteiger partial charge in [0.1, 0.15) is 0 Å². The van der Waals surface area contributed by atoms with Crippen LogP contribution in [0.15, 0.2) is 12.2 Å². The SMILES string of the molecule is CCCC/C=C/CCCCC(CC(=O)O)C(=O)N(CC)CC. The van der Waals surface area contributed by atoms with Gasteiger partial charge in [-0.1, -0.05) is 38.3 Å². The van der Waals surface area contributed by atoms with Crippen LogP contribution < -0.4 is 0 Å². The molecule has 0 heterocycles. The summed E-state index contributed by atoms with van der Waals surface area (Å²) in [6.07, 6.45) is 11.6. The van der Waals surface area contributed by atoms with Gasteiger partial charge in [-0.05, 0) is 39.5 Å². The lowest BCUT2D eigenvalue weighted by atomic mass is 9.96. The summed E-state index contributed by atoms with van der Waals surface area (Å²) in [6.45, 7) is 7.33. The molecule has 22 heavy (non-hydrogen) atoms. The third-order valence-corrected chi connectivity index (χ3v) is 3.91. The fraction of sp³-hybridized carbons (Fsp3) is 0.778. The largest absolute Gasteiger partial charge is 0.481 e. The molecule has 4 heteroatoms. The number of aliphatic carboxylic acids is 1. The number of unbranched alkanes of at least 4 members (excludes halogenated alkanes) is 4. The Kier molecular flexibility index (Phi) is 12.5. The number of hydrogen-bond donors (Lipinski definition) is 1. The number of amides is 1. The molecule has 0 aliphatic carbocycles. The molecule has 4 nitrogen and oxygen atoms in total.